The van der Waals surface area contributed by atoms with Crippen LogP contribution in [0.5, 0.6) is 0 Å². The van der Waals surface area contributed by atoms with Gasteiger partial charge in [-0.3, -0.25) is 0 Å². The lowest BCUT2D eigenvalue weighted by Crippen LogP contribution is -2.22. The van der Waals surface area contributed by atoms with Gasteiger partial charge in [-0.25, -0.2) is 13.1 Å². The van der Waals surface area contributed by atoms with Crippen LogP contribution in [0.25, 0.3) is 0 Å². The highest BCUT2D eigenvalue weighted by Crippen LogP contribution is 2.12. The van der Waals surface area contributed by atoms with Gasteiger partial charge in [0.1, 0.15) is 16.6 Å². The first-order valence-electron chi connectivity index (χ1n) is 7.90. The molecule has 0 saturated carbocycles. The van der Waals surface area contributed by atoms with E-state index in [1.54, 1.807) is 11.8 Å². The molecule has 1 rings (SSSR count). The van der Waals surface area contributed by atoms with Crippen LogP contribution in [0.15, 0.2) is 6.20 Å². The maximum absolute atomic E-state index is 11.4. The fraction of sp³-hybridized carbons (Fsp3) is 0.800. The molecule has 0 N–H and O–H groups in total. The van der Waals surface area contributed by atoms with E-state index in [0.717, 1.165) is 23.9 Å². The minimum atomic E-state index is -2.98. The summed E-state index contributed by atoms with van der Waals surface area (Å²) in [4.78, 5) is 0. The van der Waals surface area contributed by atoms with Crippen LogP contribution in [-0.2, 0) is 38.9 Å². The Labute approximate surface area is 141 Å². The second kappa shape index (κ2) is 8.96. The highest BCUT2D eigenvalue weighted by atomic mass is 32.2. The molecule has 0 atom stereocenters. The summed E-state index contributed by atoms with van der Waals surface area (Å²) in [6.45, 7) is 8.66. The molecular formula is C15H30N2O4SSi. The van der Waals surface area contributed by atoms with Crippen LogP contribution < -0.4 is 0 Å². The van der Waals surface area contributed by atoms with E-state index in [1.165, 1.54) is 6.26 Å². The van der Waals surface area contributed by atoms with Crippen LogP contribution in [0, 0.1) is 0 Å². The first-order chi connectivity index (χ1) is 10.6. The van der Waals surface area contributed by atoms with Gasteiger partial charge in [0.15, 0.2) is 0 Å². The normalized spacial score (nSPS) is 12.7. The van der Waals surface area contributed by atoms with Gasteiger partial charge in [-0.1, -0.05) is 19.6 Å². The number of aryl methyl sites for hydroxylation is 1. The molecule has 0 amide bonds. The van der Waals surface area contributed by atoms with Crippen LogP contribution in [0.2, 0.25) is 25.7 Å². The van der Waals surface area contributed by atoms with Gasteiger partial charge in [0.05, 0.1) is 18.1 Å². The lowest BCUT2D eigenvalue weighted by atomic mass is 10.1. The van der Waals surface area contributed by atoms with Gasteiger partial charge in [0.25, 0.3) is 0 Å². The largest absolute Gasteiger partial charge is 0.384 e. The summed E-state index contributed by atoms with van der Waals surface area (Å²) >= 11 is 0. The number of hydrogen-bond donors (Lipinski definition) is 0. The van der Waals surface area contributed by atoms with E-state index in [-0.39, 0.29) is 5.75 Å². The summed E-state index contributed by atoms with van der Waals surface area (Å²) < 4.78 is 35.3. The molecule has 0 bridgehead atoms. The lowest BCUT2D eigenvalue weighted by Gasteiger charge is -2.15. The maximum Gasteiger partial charge on any atom is 0.147 e. The fourth-order valence-corrected chi connectivity index (χ4v) is 3.37. The third-order valence-corrected chi connectivity index (χ3v) is 6.08. The third-order valence-electron chi connectivity index (χ3n) is 3.43. The summed E-state index contributed by atoms with van der Waals surface area (Å²) in [5, 5.41) is 4.51. The zero-order valence-electron chi connectivity index (χ0n) is 15.0. The monoisotopic (exact) mass is 362 g/mol. The van der Waals surface area contributed by atoms with Crippen molar-refractivity contribution in [2.75, 3.05) is 32.3 Å². The van der Waals surface area contributed by atoms with Gasteiger partial charge < -0.3 is 9.47 Å². The molecule has 0 saturated heterocycles. The molecular weight excluding hydrogens is 332 g/mol. The molecule has 0 spiro atoms. The van der Waals surface area contributed by atoms with Crippen molar-refractivity contribution in [3.8, 4) is 0 Å². The Hall–Kier alpha value is -0.703. The third kappa shape index (κ3) is 9.24. The Morgan fingerprint density at radius 1 is 1.22 bits per heavy atom. The molecule has 1 aromatic heterocycles. The van der Waals surface area contributed by atoms with Crippen molar-refractivity contribution in [2.24, 2.45) is 0 Å². The van der Waals surface area contributed by atoms with Gasteiger partial charge >= 0.3 is 0 Å². The number of nitrogens with zero attached hydrogens (tertiary/aromatic N) is 2. The number of sulfone groups is 1. The summed E-state index contributed by atoms with van der Waals surface area (Å²) in [5.74, 6) is 0.134. The number of methoxy groups -OCH3 is 1. The summed E-state index contributed by atoms with van der Waals surface area (Å²) in [7, 11) is -2.43. The Bertz CT molecular complexity index is 579. The average molecular weight is 363 g/mol. The molecule has 134 valence electrons. The summed E-state index contributed by atoms with van der Waals surface area (Å²) in [6.07, 6.45) is 4.31. The van der Waals surface area contributed by atoms with E-state index in [1.807, 2.05) is 6.20 Å². The number of hydrogen-bond acceptors (Lipinski definition) is 5. The topological polar surface area (TPSA) is 70.4 Å². The minimum Gasteiger partial charge on any atom is -0.384 e. The Kier molecular flexibility index (Phi) is 7.92. The molecule has 1 aromatic rings. The second-order valence-electron chi connectivity index (χ2n) is 7.11. The number of ether oxygens (including phenoxy) is 2. The van der Waals surface area contributed by atoms with Gasteiger partial charge in [-0.05, 0) is 18.0 Å². The zero-order valence-corrected chi connectivity index (χ0v) is 16.8. The van der Waals surface area contributed by atoms with Gasteiger partial charge in [-0.15, -0.1) is 0 Å². The molecule has 0 aliphatic rings. The maximum atomic E-state index is 11.4. The van der Waals surface area contributed by atoms with Crippen LogP contribution in [0.3, 0.4) is 0 Å². The van der Waals surface area contributed by atoms with Gasteiger partial charge in [0, 0.05) is 40.7 Å². The van der Waals surface area contributed by atoms with Crippen molar-refractivity contribution in [3.63, 3.8) is 0 Å². The van der Waals surface area contributed by atoms with Crippen LogP contribution in [0.4, 0.5) is 0 Å². The Morgan fingerprint density at radius 3 is 2.48 bits per heavy atom. The number of aromatic nitrogens is 2. The minimum absolute atomic E-state index is 0.134. The standard InChI is InChI=1S/C15H30N2O4SSi/c1-20-8-6-15-14(7-10-22(2,18)19)12-17(16-15)13-21-9-11-23(3,4)5/h12H,6-11,13H2,1-5H3. The van der Waals surface area contributed by atoms with E-state index in [9.17, 15) is 8.42 Å². The van der Waals surface area contributed by atoms with Crippen LogP contribution in [-0.4, -0.2) is 58.6 Å². The molecule has 1 heterocycles. The van der Waals surface area contributed by atoms with Gasteiger partial charge in [-0.2, -0.15) is 5.10 Å². The molecule has 0 fully saturated rings. The average Bonchev–Trinajstić information content (AvgIpc) is 2.79. The van der Waals surface area contributed by atoms with Crippen LogP contribution in [0.1, 0.15) is 11.3 Å². The highest BCUT2D eigenvalue weighted by Gasteiger charge is 2.14. The van der Waals surface area contributed by atoms with E-state index in [4.69, 9.17) is 9.47 Å². The molecule has 8 heteroatoms. The molecule has 0 unspecified atom stereocenters. The fourth-order valence-electron chi connectivity index (χ4n) is 2.02. The lowest BCUT2D eigenvalue weighted by molar-refractivity contribution is 0.0781. The van der Waals surface area contributed by atoms with Crippen molar-refractivity contribution in [1.29, 1.82) is 0 Å². The quantitative estimate of drug-likeness (QED) is 0.445. The van der Waals surface area contributed by atoms with Gasteiger partial charge in [0.2, 0.25) is 0 Å². The Morgan fingerprint density at radius 2 is 1.91 bits per heavy atom. The molecule has 0 aliphatic heterocycles. The first kappa shape index (κ1) is 20.3. The molecule has 0 aliphatic carbocycles. The predicted octanol–water partition coefficient (Wildman–Crippen LogP) is 1.97. The first-order valence-corrected chi connectivity index (χ1v) is 13.7. The van der Waals surface area contributed by atoms with Crippen molar-refractivity contribution in [2.45, 2.75) is 45.3 Å². The molecule has 0 aromatic carbocycles. The van der Waals surface area contributed by atoms with Crippen molar-refractivity contribution in [3.05, 3.63) is 17.5 Å². The molecule has 0 radical (unpaired) electrons. The van der Waals surface area contributed by atoms with E-state index in [0.29, 0.717) is 26.2 Å². The molecule has 6 nitrogen and oxygen atoms in total. The second-order valence-corrected chi connectivity index (χ2v) is 15.0. The smallest absolute Gasteiger partial charge is 0.147 e. The van der Waals surface area contributed by atoms with Crippen molar-refractivity contribution >= 4 is 17.9 Å². The van der Waals surface area contributed by atoms with E-state index < -0.39 is 17.9 Å². The Balaban J connectivity index is 2.63. The zero-order chi connectivity index (χ0) is 17.5. The summed E-state index contributed by atoms with van der Waals surface area (Å²) in [6, 6.07) is 1.12. The van der Waals surface area contributed by atoms with Crippen molar-refractivity contribution < 1.29 is 17.9 Å². The summed E-state index contributed by atoms with van der Waals surface area (Å²) in [5.41, 5.74) is 1.85. The SMILES string of the molecule is COCCc1nn(COCC[Si](C)(C)C)cc1CCS(C)(=O)=O. The molecule has 23 heavy (non-hydrogen) atoms. The van der Waals surface area contributed by atoms with E-state index in [2.05, 4.69) is 24.7 Å². The highest BCUT2D eigenvalue weighted by molar-refractivity contribution is 7.90. The number of rotatable bonds is 11. The van der Waals surface area contributed by atoms with Crippen LogP contribution >= 0.6 is 0 Å². The predicted molar refractivity (Wildman–Crippen MR) is 95.3 cm³/mol. The van der Waals surface area contributed by atoms with E-state index >= 15 is 0 Å². The van der Waals surface area contributed by atoms with Crippen molar-refractivity contribution in [1.82, 2.24) is 9.78 Å².